The van der Waals surface area contributed by atoms with Gasteiger partial charge >= 0.3 is 5.97 Å². The average molecular weight is 442 g/mol. The molecule has 0 spiro atoms. The van der Waals surface area contributed by atoms with Crippen LogP contribution >= 0.6 is 0 Å². The number of hydrogen-bond donors (Lipinski definition) is 0. The lowest BCUT2D eigenvalue weighted by atomic mass is 9.87. The zero-order valence-corrected chi connectivity index (χ0v) is 19.7. The van der Waals surface area contributed by atoms with E-state index in [1.165, 1.54) is 64.0 Å². The summed E-state index contributed by atoms with van der Waals surface area (Å²) in [5.74, 6) is -1.18. The lowest BCUT2D eigenvalue weighted by Gasteiger charge is -2.14. The number of carbonyl (C=O) groups is 3. The molecule has 0 saturated heterocycles. The molecule has 0 amide bonds. The lowest BCUT2D eigenvalue weighted by molar-refractivity contribution is -0.132. The zero-order valence-electron chi connectivity index (χ0n) is 19.7. The van der Waals surface area contributed by atoms with Gasteiger partial charge in [-0.15, -0.1) is 0 Å². The van der Waals surface area contributed by atoms with Crippen LogP contribution in [0.1, 0.15) is 107 Å². The van der Waals surface area contributed by atoms with Crippen molar-refractivity contribution in [1.29, 1.82) is 0 Å². The molecule has 0 bridgehead atoms. The van der Waals surface area contributed by atoms with E-state index in [4.69, 9.17) is 4.74 Å². The zero-order chi connectivity index (χ0) is 23.0. The van der Waals surface area contributed by atoms with Crippen LogP contribution in [0.3, 0.4) is 0 Å². The third-order valence-corrected chi connectivity index (χ3v) is 6.00. The minimum Gasteiger partial charge on any atom is -0.462 e. The molecule has 1 fully saturated rings. The van der Waals surface area contributed by atoms with Gasteiger partial charge in [-0.25, -0.2) is 4.79 Å². The molecule has 5 heteroatoms. The Hall–Kier alpha value is -2.30. The predicted octanol–water partition coefficient (Wildman–Crippen LogP) is 6.80. The molecule has 0 N–H and O–H groups in total. The Morgan fingerprint density at radius 2 is 1.41 bits per heavy atom. The number of benzene rings is 1. The van der Waals surface area contributed by atoms with Gasteiger partial charge in [0.15, 0.2) is 0 Å². The minimum absolute atomic E-state index is 0.0624. The number of unbranched alkanes of at least 4 members (excludes halogenated alkanes) is 10. The van der Waals surface area contributed by atoms with E-state index < -0.39 is 5.92 Å². The second kappa shape index (κ2) is 15.5. The summed E-state index contributed by atoms with van der Waals surface area (Å²) in [4.78, 5) is 40.1. The fourth-order valence-electron chi connectivity index (χ4n) is 3.95. The molecule has 0 aromatic heterocycles. The first-order valence-electron chi connectivity index (χ1n) is 12.5. The van der Waals surface area contributed by atoms with E-state index in [0.29, 0.717) is 37.1 Å². The molecule has 1 aromatic rings. The first kappa shape index (κ1) is 26.0. The highest BCUT2D eigenvalue weighted by Crippen LogP contribution is 2.19. The predicted molar refractivity (Wildman–Crippen MR) is 129 cm³/mol. The number of carbonyl (C=O) groups excluding carboxylic acids is 3. The highest BCUT2D eigenvalue weighted by molar-refractivity contribution is 6.16. The Morgan fingerprint density at radius 3 is 1.97 bits per heavy atom. The fraction of sp³-hybridized carbons (Fsp3) is 0.630. The minimum atomic E-state index is -0.723. The van der Waals surface area contributed by atoms with Crippen LogP contribution in [0.15, 0.2) is 29.3 Å². The van der Waals surface area contributed by atoms with Crippen LogP contribution in [-0.2, 0) is 14.3 Å². The maximum absolute atomic E-state index is 12.2. The van der Waals surface area contributed by atoms with Crippen LogP contribution in [0.5, 0.6) is 0 Å². The molecule has 1 aromatic carbocycles. The highest BCUT2D eigenvalue weighted by atomic mass is 16.5. The molecule has 1 aliphatic rings. The molecule has 0 heterocycles. The monoisotopic (exact) mass is 441 g/mol. The molecule has 0 aliphatic heterocycles. The number of ether oxygens (including phenoxy) is 1. The molecular formula is C27H39NO4. The van der Waals surface area contributed by atoms with Gasteiger partial charge in [-0.3, -0.25) is 14.6 Å². The van der Waals surface area contributed by atoms with Gasteiger partial charge in [0.25, 0.3) is 0 Å². The van der Waals surface area contributed by atoms with Crippen molar-refractivity contribution in [1.82, 2.24) is 0 Å². The summed E-state index contributed by atoms with van der Waals surface area (Å²) in [5, 5.41) is 0. The van der Waals surface area contributed by atoms with Crippen molar-refractivity contribution < 1.29 is 19.1 Å². The number of esters is 1. The Morgan fingerprint density at radius 1 is 0.875 bits per heavy atom. The standard InChI is InChI=1S/C27H39NO4/c1-2-3-4-5-6-7-8-9-10-11-12-20-32-27(31)22-16-18-23(19-17-22)28-21-24-25(29)14-13-15-26(24)30/h16-19,21,24H,2-15,20H2,1H3. The molecule has 32 heavy (non-hydrogen) atoms. The smallest absolute Gasteiger partial charge is 0.338 e. The van der Waals surface area contributed by atoms with E-state index in [-0.39, 0.29) is 17.5 Å². The molecule has 0 atom stereocenters. The van der Waals surface area contributed by atoms with Crippen molar-refractivity contribution >= 4 is 29.4 Å². The highest BCUT2D eigenvalue weighted by Gasteiger charge is 2.28. The summed E-state index contributed by atoms with van der Waals surface area (Å²) < 4.78 is 5.37. The van der Waals surface area contributed by atoms with Gasteiger partial charge in [0.1, 0.15) is 17.5 Å². The van der Waals surface area contributed by atoms with Crippen LogP contribution in [0.4, 0.5) is 5.69 Å². The van der Waals surface area contributed by atoms with Gasteiger partial charge in [0.2, 0.25) is 0 Å². The van der Waals surface area contributed by atoms with Crippen molar-refractivity contribution in [3.05, 3.63) is 29.8 Å². The molecule has 176 valence electrons. The number of Topliss-reactive ketones (excluding diaryl/α,β-unsaturated/α-hetero) is 2. The maximum atomic E-state index is 12.2. The summed E-state index contributed by atoms with van der Waals surface area (Å²) in [6.45, 7) is 2.69. The normalized spacial score (nSPS) is 14.9. The average Bonchev–Trinajstić information content (AvgIpc) is 2.79. The quantitative estimate of drug-likeness (QED) is 0.130. The van der Waals surface area contributed by atoms with Gasteiger partial charge in [0, 0.05) is 19.1 Å². The van der Waals surface area contributed by atoms with E-state index in [1.807, 2.05) is 0 Å². The Kier molecular flexibility index (Phi) is 12.6. The largest absolute Gasteiger partial charge is 0.462 e. The summed E-state index contributed by atoms with van der Waals surface area (Å²) in [6, 6.07) is 6.74. The van der Waals surface area contributed by atoms with Gasteiger partial charge in [0.05, 0.1) is 17.9 Å². The third-order valence-electron chi connectivity index (χ3n) is 6.00. The number of hydrogen-bond acceptors (Lipinski definition) is 5. The molecule has 5 nitrogen and oxygen atoms in total. The summed E-state index contributed by atoms with van der Waals surface area (Å²) in [5.41, 5.74) is 1.09. The van der Waals surface area contributed by atoms with Crippen LogP contribution < -0.4 is 0 Å². The van der Waals surface area contributed by atoms with Gasteiger partial charge in [-0.2, -0.15) is 0 Å². The number of nitrogens with zero attached hydrogens (tertiary/aromatic N) is 1. The van der Waals surface area contributed by atoms with E-state index >= 15 is 0 Å². The van der Waals surface area contributed by atoms with Crippen LogP contribution in [0.25, 0.3) is 0 Å². The number of rotatable bonds is 15. The second-order valence-electron chi connectivity index (χ2n) is 8.76. The molecule has 1 saturated carbocycles. The van der Waals surface area contributed by atoms with Crippen LogP contribution in [0.2, 0.25) is 0 Å². The topological polar surface area (TPSA) is 72.8 Å². The molecular weight excluding hydrogens is 402 g/mol. The number of ketones is 2. The Labute approximate surface area is 193 Å². The fourth-order valence-corrected chi connectivity index (χ4v) is 3.95. The van der Waals surface area contributed by atoms with Crippen molar-refractivity contribution in [2.24, 2.45) is 10.9 Å². The van der Waals surface area contributed by atoms with Crippen molar-refractivity contribution in [3.63, 3.8) is 0 Å². The molecule has 1 aliphatic carbocycles. The Balaban J connectivity index is 1.57. The van der Waals surface area contributed by atoms with Crippen LogP contribution in [0, 0.1) is 5.92 Å². The molecule has 0 radical (unpaired) electrons. The first-order chi connectivity index (χ1) is 15.6. The van der Waals surface area contributed by atoms with Gasteiger partial charge in [-0.1, -0.05) is 71.1 Å². The van der Waals surface area contributed by atoms with E-state index in [0.717, 1.165) is 12.8 Å². The summed E-state index contributed by atoms with van der Waals surface area (Å²) >= 11 is 0. The van der Waals surface area contributed by atoms with Gasteiger partial charge < -0.3 is 4.74 Å². The van der Waals surface area contributed by atoms with Crippen molar-refractivity contribution in [3.8, 4) is 0 Å². The summed E-state index contributed by atoms with van der Waals surface area (Å²) in [6.07, 6.45) is 16.8. The molecule has 2 rings (SSSR count). The SMILES string of the molecule is CCCCCCCCCCCCCOC(=O)c1ccc(N=CC2C(=O)CCCC2=O)cc1. The van der Waals surface area contributed by atoms with Crippen molar-refractivity contribution in [2.45, 2.75) is 96.8 Å². The first-order valence-corrected chi connectivity index (χ1v) is 12.5. The lowest BCUT2D eigenvalue weighted by Crippen LogP contribution is -2.29. The number of aliphatic imine (C=N–C) groups is 1. The van der Waals surface area contributed by atoms with Crippen LogP contribution in [-0.4, -0.2) is 30.4 Å². The third kappa shape index (κ3) is 9.88. The van der Waals surface area contributed by atoms with E-state index in [1.54, 1.807) is 24.3 Å². The van der Waals surface area contributed by atoms with E-state index in [2.05, 4.69) is 11.9 Å². The Bertz CT molecular complexity index is 723. The second-order valence-corrected chi connectivity index (χ2v) is 8.76. The van der Waals surface area contributed by atoms with Crippen molar-refractivity contribution in [2.75, 3.05) is 6.61 Å². The maximum Gasteiger partial charge on any atom is 0.338 e. The summed E-state index contributed by atoms with van der Waals surface area (Å²) in [7, 11) is 0. The van der Waals surface area contributed by atoms with E-state index in [9.17, 15) is 14.4 Å². The van der Waals surface area contributed by atoms with Gasteiger partial charge in [-0.05, 0) is 37.1 Å². The molecule has 0 unspecified atom stereocenters.